The van der Waals surface area contributed by atoms with Gasteiger partial charge in [-0.05, 0) is 52.3 Å². The van der Waals surface area contributed by atoms with E-state index in [4.69, 9.17) is 0 Å². The van der Waals surface area contributed by atoms with Crippen LogP contribution in [0.15, 0.2) is 57.5 Å². The SMILES string of the molecule is O=C(NCCNC(=O)c1ccccc1Br)c1ccc(Br)cc1. The van der Waals surface area contributed by atoms with Crippen LogP contribution in [0.25, 0.3) is 0 Å². The lowest BCUT2D eigenvalue weighted by atomic mass is 10.2. The molecule has 0 saturated carbocycles. The second-order valence-electron chi connectivity index (χ2n) is 4.50. The highest BCUT2D eigenvalue weighted by molar-refractivity contribution is 9.10. The van der Waals surface area contributed by atoms with Gasteiger partial charge in [-0.2, -0.15) is 0 Å². The van der Waals surface area contributed by atoms with Crippen LogP contribution in [0.3, 0.4) is 0 Å². The van der Waals surface area contributed by atoms with E-state index in [-0.39, 0.29) is 11.8 Å². The molecule has 2 aromatic rings. The minimum absolute atomic E-state index is 0.164. The Morgan fingerprint density at radius 3 is 2.05 bits per heavy atom. The lowest BCUT2D eigenvalue weighted by molar-refractivity contribution is 0.0927. The minimum Gasteiger partial charge on any atom is -0.350 e. The van der Waals surface area contributed by atoms with Gasteiger partial charge in [-0.15, -0.1) is 0 Å². The van der Waals surface area contributed by atoms with Gasteiger partial charge >= 0.3 is 0 Å². The zero-order chi connectivity index (χ0) is 15.9. The topological polar surface area (TPSA) is 58.2 Å². The summed E-state index contributed by atoms with van der Waals surface area (Å²) in [5.74, 6) is -0.340. The average molecular weight is 426 g/mol. The molecular formula is C16H14Br2N2O2. The van der Waals surface area contributed by atoms with Crippen LogP contribution in [-0.2, 0) is 0 Å². The molecule has 0 fully saturated rings. The number of carbonyl (C=O) groups excluding carboxylic acids is 2. The fourth-order valence-corrected chi connectivity index (χ4v) is 2.53. The van der Waals surface area contributed by atoms with E-state index in [1.54, 1.807) is 24.3 Å². The predicted octanol–water partition coefficient (Wildman–Crippen LogP) is 3.37. The molecule has 0 radical (unpaired) electrons. The highest BCUT2D eigenvalue weighted by Crippen LogP contribution is 2.15. The Morgan fingerprint density at radius 2 is 1.41 bits per heavy atom. The molecule has 2 amide bonds. The fraction of sp³-hybridized carbons (Fsp3) is 0.125. The smallest absolute Gasteiger partial charge is 0.252 e. The van der Waals surface area contributed by atoms with E-state index < -0.39 is 0 Å². The first-order valence-corrected chi connectivity index (χ1v) is 8.23. The Labute approximate surface area is 145 Å². The number of carbonyl (C=O) groups is 2. The highest BCUT2D eigenvalue weighted by atomic mass is 79.9. The number of halogens is 2. The molecule has 0 aliphatic heterocycles. The lowest BCUT2D eigenvalue weighted by Crippen LogP contribution is -2.34. The molecule has 0 atom stereocenters. The van der Waals surface area contributed by atoms with Gasteiger partial charge in [0, 0.05) is 27.6 Å². The van der Waals surface area contributed by atoms with E-state index in [9.17, 15) is 9.59 Å². The number of amides is 2. The Morgan fingerprint density at radius 1 is 0.818 bits per heavy atom. The van der Waals surface area contributed by atoms with Gasteiger partial charge in [-0.3, -0.25) is 9.59 Å². The van der Waals surface area contributed by atoms with Crippen LogP contribution in [0.5, 0.6) is 0 Å². The van der Waals surface area contributed by atoms with E-state index >= 15 is 0 Å². The third kappa shape index (κ3) is 4.68. The van der Waals surface area contributed by atoms with E-state index in [1.165, 1.54) is 0 Å². The van der Waals surface area contributed by atoms with Crippen LogP contribution < -0.4 is 10.6 Å². The lowest BCUT2D eigenvalue weighted by Gasteiger charge is -2.08. The molecule has 22 heavy (non-hydrogen) atoms. The number of hydrogen-bond donors (Lipinski definition) is 2. The Balaban J connectivity index is 1.77. The van der Waals surface area contributed by atoms with Gasteiger partial charge in [0.15, 0.2) is 0 Å². The Hall–Kier alpha value is -1.66. The van der Waals surface area contributed by atoms with Crippen LogP contribution >= 0.6 is 31.9 Å². The minimum atomic E-state index is -0.176. The molecular weight excluding hydrogens is 412 g/mol. The van der Waals surface area contributed by atoms with Crippen LogP contribution in [0.4, 0.5) is 0 Å². The molecule has 0 aliphatic carbocycles. The van der Waals surface area contributed by atoms with Gasteiger partial charge in [0.1, 0.15) is 0 Å². The van der Waals surface area contributed by atoms with E-state index in [1.807, 2.05) is 24.3 Å². The summed E-state index contributed by atoms with van der Waals surface area (Å²) in [6.07, 6.45) is 0. The standard InChI is InChI=1S/C16H14Br2N2O2/c17-12-7-5-11(6-8-12)15(21)19-9-10-20-16(22)13-3-1-2-4-14(13)18/h1-8H,9-10H2,(H,19,21)(H,20,22). The quantitative estimate of drug-likeness (QED) is 0.721. The first-order chi connectivity index (χ1) is 10.6. The summed E-state index contributed by atoms with van der Waals surface area (Å²) in [7, 11) is 0. The van der Waals surface area contributed by atoms with Gasteiger partial charge in [0.05, 0.1) is 5.56 Å². The Bertz CT molecular complexity index is 672. The number of hydrogen-bond acceptors (Lipinski definition) is 2. The summed E-state index contributed by atoms with van der Waals surface area (Å²) >= 11 is 6.65. The summed E-state index contributed by atoms with van der Waals surface area (Å²) in [6, 6.07) is 14.3. The number of benzene rings is 2. The first-order valence-electron chi connectivity index (χ1n) is 6.64. The van der Waals surface area contributed by atoms with Gasteiger partial charge in [0.25, 0.3) is 11.8 Å². The normalized spacial score (nSPS) is 10.1. The molecule has 0 spiro atoms. The highest BCUT2D eigenvalue weighted by Gasteiger charge is 2.09. The van der Waals surface area contributed by atoms with Crippen molar-refractivity contribution < 1.29 is 9.59 Å². The van der Waals surface area contributed by atoms with Gasteiger partial charge in [-0.25, -0.2) is 0 Å². The molecule has 0 unspecified atom stereocenters. The maximum atomic E-state index is 12.0. The summed E-state index contributed by atoms with van der Waals surface area (Å²) in [4.78, 5) is 23.8. The maximum absolute atomic E-state index is 12.0. The third-order valence-electron chi connectivity index (χ3n) is 2.92. The zero-order valence-electron chi connectivity index (χ0n) is 11.6. The van der Waals surface area contributed by atoms with Crippen molar-refractivity contribution in [2.75, 3.05) is 13.1 Å². The third-order valence-corrected chi connectivity index (χ3v) is 4.14. The van der Waals surface area contributed by atoms with Crippen molar-refractivity contribution in [3.05, 3.63) is 68.6 Å². The molecule has 6 heteroatoms. The second kappa shape index (κ2) is 8.10. The molecule has 2 aromatic carbocycles. The van der Waals surface area contributed by atoms with Crippen molar-refractivity contribution >= 4 is 43.7 Å². The largest absolute Gasteiger partial charge is 0.350 e. The zero-order valence-corrected chi connectivity index (χ0v) is 14.8. The van der Waals surface area contributed by atoms with Crippen LogP contribution in [0.2, 0.25) is 0 Å². The van der Waals surface area contributed by atoms with Crippen molar-refractivity contribution in [1.82, 2.24) is 10.6 Å². The molecule has 0 aromatic heterocycles. The maximum Gasteiger partial charge on any atom is 0.252 e. The van der Waals surface area contributed by atoms with Crippen LogP contribution in [0, 0.1) is 0 Å². The molecule has 0 heterocycles. The van der Waals surface area contributed by atoms with Crippen molar-refractivity contribution in [2.24, 2.45) is 0 Å². The van der Waals surface area contributed by atoms with Crippen LogP contribution in [0.1, 0.15) is 20.7 Å². The van der Waals surface area contributed by atoms with Crippen molar-refractivity contribution in [1.29, 1.82) is 0 Å². The molecule has 114 valence electrons. The molecule has 0 saturated heterocycles. The molecule has 0 aliphatic rings. The summed E-state index contributed by atoms with van der Waals surface area (Å²) < 4.78 is 1.66. The van der Waals surface area contributed by atoms with E-state index in [0.29, 0.717) is 24.2 Å². The summed E-state index contributed by atoms with van der Waals surface area (Å²) in [5, 5.41) is 5.52. The average Bonchev–Trinajstić information content (AvgIpc) is 2.52. The molecule has 0 bridgehead atoms. The fourth-order valence-electron chi connectivity index (χ4n) is 1.80. The van der Waals surface area contributed by atoms with Crippen molar-refractivity contribution in [3.8, 4) is 0 Å². The number of rotatable bonds is 5. The molecule has 4 nitrogen and oxygen atoms in total. The van der Waals surface area contributed by atoms with Gasteiger partial charge in [-0.1, -0.05) is 28.1 Å². The van der Waals surface area contributed by atoms with Gasteiger partial charge < -0.3 is 10.6 Å². The van der Waals surface area contributed by atoms with Gasteiger partial charge in [0.2, 0.25) is 0 Å². The predicted molar refractivity (Wildman–Crippen MR) is 93.0 cm³/mol. The summed E-state index contributed by atoms with van der Waals surface area (Å²) in [5.41, 5.74) is 1.15. The van der Waals surface area contributed by atoms with Crippen LogP contribution in [-0.4, -0.2) is 24.9 Å². The number of nitrogens with one attached hydrogen (secondary N) is 2. The monoisotopic (exact) mass is 424 g/mol. The molecule has 2 rings (SSSR count). The summed E-state index contributed by atoms with van der Waals surface area (Å²) in [6.45, 7) is 0.730. The Kier molecular flexibility index (Phi) is 6.15. The van der Waals surface area contributed by atoms with Crippen molar-refractivity contribution in [2.45, 2.75) is 0 Å². The van der Waals surface area contributed by atoms with Crippen molar-refractivity contribution in [3.63, 3.8) is 0 Å². The second-order valence-corrected chi connectivity index (χ2v) is 6.27. The first kappa shape index (κ1) is 16.7. The van der Waals surface area contributed by atoms with E-state index in [2.05, 4.69) is 42.5 Å². The van der Waals surface area contributed by atoms with E-state index in [0.717, 1.165) is 8.95 Å². The molecule has 2 N–H and O–H groups in total.